The zero-order valence-electron chi connectivity index (χ0n) is 20.5. The minimum atomic E-state index is -1.26. The number of imidazole rings is 1. The first kappa shape index (κ1) is 27.2. The van der Waals surface area contributed by atoms with E-state index >= 15 is 0 Å². The molecule has 19 heteroatoms. The standard InChI is InChI=1S/C21H21N11O5S3/c1-8-3-31(7-25-8)37-30-13(10-6-40-21(24)26-10)16(33)29-14-17(34)32-15(19(35)36)9(5-39-18(14)32)4-38-12-2-11(22)27-20(23)28-12/h2-3,6-7,14,18H,4-5H2,1H3,(H2,24,26)(H,29,33)(H,35,36)(H4,22,23,27,28)/b30-13-/t14-,18-/m1/s1. The number of aliphatic carboxylic acids is 1. The van der Waals surface area contributed by atoms with Crippen molar-refractivity contribution in [3.63, 3.8) is 0 Å². The van der Waals surface area contributed by atoms with E-state index in [1.165, 1.54) is 50.9 Å². The molecule has 8 N–H and O–H groups in total. The number of rotatable bonds is 9. The van der Waals surface area contributed by atoms with Crippen LogP contribution >= 0.6 is 34.9 Å². The van der Waals surface area contributed by atoms with Crippen LogP contribution in [-0.2, 0) is 14.4 Å². The number of aryl methyl sites for hydroxylation is 1. The summed E-state index contributed by atoms with van der Waals surface area (Å²) < 4.78 is 1.19. The molecule has 0 spiro atoms. The Morgan fingerprint density at radius 2 is 2.10 bits per heavy atom. The van der Waals surface area contributed by atoms with Crippen LogP contribution < -0.4 is 27.5 Å². The van der Waals surface area contributed by atoms with E-state index in [2.05, 4.69) is 30.4 Å². The van der Waals surface area contributed by atoms with Gasteiger partial charge in [-0.15, -0.1) is 39.6 Å². The molecule has 2 aliphatic rings. The van der Waals surface area contributed by atoms with Gasteiger partial charge in [0.05, 0.1) is 11.9 Å². The third kappa shape index (κ3) is 5.51. The first-order chi connectivity index (χ1) is 19.1. The predicted molar refractivity (Wildman–Crippen MR) is 148 cm³/mol. The zero-order chi connectivity index (χ0) is 28.6. The number of thiazole rings is 1. The van der Waals surface area contributed by atoms with Crippen LogP contribution in [0.1, 0.15) is 11.4 Å². The van der Waals surface area contributed by atoms with Gasteiger partial charge in [-0.05, 0) is 17.7 Å². The van der Waals surface area contributed by atoms with Crippen LogP contribution in [0.15, 0.2) is 45.4 Å². The molecule has 3 aromatic rings. The predicted octanol–water partition coefficient (Wildman–Crippen LogP) is -0.452. The number of thioether (sulfide) groups is 2. The van der Waals surface area contributed by atoms with Crippen molar-refractivity contribution in [2.45, 2.75) is 23.4 Å². The molecule has 0 aromatic carbocycles. The molecule has 0 radical (unpaired) electrons. The number of hydrogen-bond acceptors (Lipinski definition) is 15. The molecule has 0 aliphatic carbocycles. The van der Waals surface area contributed by atoms with Gasteiger partial charge in [0.15, 0.2) is 10.8 Å². The number of carboxylic acids is 1. The van der Waals surface area contributed by atoms with Crippen molar-refractivity contribution < 1.29 is 24.4 Å². The number of fused-ring (bicyclic) bond motifs is 1. The smallest absolute Gasteiger partial charge is 0.352 e. The maximum absolute atomic E-state index is 13.2. The lowest BCUT2D eigenvalue weighted by Crippen LogP contribution is -2.71. The topological polar surface area (TPSA) is 243 Å². The Labute approximate surface area is 238 Å². The molecule has 2 aliphatic heterocycles. The number of nitrogens with two attached hydrogens (primary N) is 3. The minimum absolute atomic E-state index is 0.00156. The molecule has 2 atom stereocenters. The van der Waals surface area contributed by atoms with Gasteiger partial charge in [0.2, 0.25) is 5.95 Å². The van der Waals surface area contributed by atoms with Crippen LogP contribution in [0.3, 0.4) is 0 Å². The fraction of sp³-hybridized carbons (Fsp3) is 0.238. The monoisotopic (exact) mass is 603 g/mol. The highest BCUT2D eigenvalue weighted by Gasteiger charge is 2.54. The highest BCUT2D eigenvalue weighted by Crippen LogP contribution is 2.41. The lowest BCUT2D eigenvalue weighted by Gasteiger charge is -2.49. The van der Waals surface area contributed by atoms with Crippen molar-refractivity contribution in [2.75, 3.05) is 28.7 Å². The summed E-state index contributed by atoms with van der Waals surface area (Å²) in [6.07, 6.45) is 2.91. The van der Waals surface area contributed by atoms with Gasteiger partial charge in [0, 0.05) is 23.0 Å². The number of β-lactam (4-membered cyclic amide) rings is 1. The van der Waals surface area contributed by atoms with Crippen molar-refractivity contribution in [3.05, 3.63) is 46.6 Å². The molecular formula is C21H21N11O5S3. The maximum atomic E-state index is 13.2. The van der Waals surface area contributed by atoms with Crippen molar-refractivity contribution in [1.82, 2.24) is 34.9 Å². The molecule has 40 heavy (non-hydrogen) atoms. The summed E-state index contributed by atoms with van der Waals surface area (Å²) in [7, 11) is 0. The Morgan fingerprint density at radius 3 is 2.75 bits per heavy atom. The molecule has 5 heterocycles. The molecule has 3 aromatic heterocycles. The summed E-state index contributed by atoms with van der Waals surface area (Å²) in [5.41, 5.74) is 18.0. The molecule has 0 unspecified atom stereocenters. The van der Waals surface area contributed by atoms with Gasteiger partial charge in [-0.2, -0.15) is 4.98 Å². The molecule has 0 bridgehead atoms. The number of anilines is 3. The first-order valence-corrected chi connectivity index (χ1v) is 14.2. The number of oxime groups is 1. The molecule has 1 fully saturated rings. The summed E-state index contributed by atoms with van der Waals surface area (Å²) in [6, 6.07) is 0.521. The van der Waals surface area contributed by atoms with Crippen LogP contribution in [0.25, 0.3) is 0 Å². The Balaban J connectivity index is 1.32. The number of nitrogens with one attached hydrogen (secondary N) is 1. The number of nitrogens with zero attached hydrogens (tertiary/aromatic N) is 7. The molecular weight excluding hydrogens is 583 g/mol. The van der Waals surface area contributed by atoms with Crippen LogP contribution in [-0.4, -0.2) is 81.1 Å². The van der Waals surface area contributed by atoms with Gasteiger partial charge < -0.3 is 27.6 Å². The number of nitrogen functional groups attached to an aromatic ring is 3. The molecule has 2 amide bonds. The summed E-state index contributed by atoms with van der Waals surface area (Å²) in [5, 5.41) is 18.0. The number of carbonyl (C=O) groups excluding carboxylic acids is 2. The Hall–Kier alpha value is -4.36. The van der Waals surface area contributed by atoms with Crippen LogP contribution in [0, 0.1) is 6.92 Å². The van der Waals surface area contributed by atoms with Crippen molar-refractivity contribution in [2.24, 2.45) is 5.16 Å². The van der Waals surface area contributed by atoms with Crippen molar-refractivity contribution in [3.8, 4) is 0 Å². The third-order valence-corrected chi connectivity index (χ3v) is 8.58. The molecule has 0 saturated carbocycles. The summed E-state index contributed by atoms with van der Waals surface area (Å²) in [4.78, 5) is 61.0. The second-order valence-corrected chi connectivity index (χ2v) is 11.4. The number of aromatic nitrogens is 5. The van der Waals surface area contributed by atoms with Gasteiger partial charge in [-0.25, -0.2) is 19.7 Å². The summed E-state index contributed by atoms with van der Waals surface area (Å²) in [5.74, 6) is -1.87. The van der Waals surface area contributed by atoms with E-state index < -0.39 is 29.2 Å². The average Bonchev–Trinajstić information content (AvgIpc) is 3.52. The number of hydrogen-bond donors (Lipinski definition) is 5. The quantitative estimate of drug-likeness (QED) is 0.0684. The highest BCUT2D eigenvalue weighted by molar-refractivity contribution is 8.01. The number of carbonyl (C=O) groups is 3. The maximum Gasteiger partial charge on any atom is 0.352 e. The number of amides is 2. The van der Waals surface area contributed by atoms with E-state index in [-0.39, 0.29) is 39.8 Å². The van der Waals surface area contributed by atoms with Crippen LogP contribution in [0.4, 0.5) is 16.9 Å². The Bertz CT molecular complexity index is 1550. The Morgan fingerprint density at radius 1 is 1.30 bits per heavy atom. The average molecular weight is 604 g/mol. The summed E-state index contributed by atoms with van der Waals surface area (Å²) in [6.45, 7) is 1.75. The molecule has 208 valence electrons. The second-order valence-electron chi connectivity index (χ2n) is 8.36. The second kappa shape index (κ2) is 11.0. The van der Waals surface area contributed by atoms with Gasteiger partial charge >= 0.3 is 5.97 Å². The van der Waals surface area contributed by atoms with Gasteiger partial charge in [0.25, 0.3) is 11.8 Å². The fourth-order valence-corrected chi connectivity index (χ4v) is 6.78. The zero-order valence-corrected chi connectivity index (χ0v) is 23.0. The lowest BCUT2D eigenvalue weighted by molar-refractivity contribution is -0.150. The first-order valence-electron chi connectivity index (χ1n) is 11.3. The molecule has 1 saturated heterocycles. The molecule has 16 nitrogen and oxygen atoms in total. The van der Waals surface area contributed by atoms with Crippen LogP contribution in [0.5, 0.6) is 0 Å². The van der Waals surface area contributed by atoms with E-state index in [1.54, 1.807) is 13.1 Å². The lowest BCUT2D eigenvalue weighted by atomic mass is 10.0. The Kier molecular flexibility index (Phi) is 7.50. The van der Waals surface area contributed by atoms with E-state index in [0.29, 0.717) is 22.0 Å². The fourth-order valence-electron chi connectivity index (χ4n) is 3.83. The van der Waals surface area contributed by atoms with E-state index in [0.717, 1.165) is 11.3 Å². The van der Waals surface area contributed by atoms with Gasteiger partial charge in [0.1, 0.15) is 40.0 Å². The normalized spacial score (nSPS) is 18.8. The largest absolute Gasteiger partial charge is 0.477 e. The van der Waals surface area contributed by atoms with Crippen LogP contribution in [0.2, 0.25) is 0 Å². The summed E-state index contributed by atoms with van der Waals surface area (Å²) >= 11 is 3.64. The molecule has 5 rings (SSSR count). The number of carboxylic acid groups (broad SMARTS) is 1. The highest BCUT2D eigenvalue weighted by atomic mass is 32.2. The van der Waals surface area contributed by atoms with Crippen molar-refractivity contribution >= 4 is 75.3 Å². The third-order valence-electron chi connectivity index (χ3n) is 5.57. The van der Waals surface area contributed by atoms with E-state index in [4.69, 9.17) is 22.1 Å². The van der Waals surface area contributed by atoms with Crippen molar-refractivity contribution in [1.29, 1.82) is 0 Å². The minimum Gasteiger partial charge on any atom is -0.477 e. The SMILES string of the molecule is Cc1cn(O/N=C(\C(=O)N[C@@H]2C(=O)N3C(C(=O)O)=C(CSc4cc(N)nc(N)n4)CS[C@H]23)c2csc(N)n2)cn1. The van der Waals surface area contributed by atoms with Gasteiger partial charge in [-0.1, -0.05) is 0 Å². The van der Waals surface area contributed by atoms with E-state index in [9.17, 15) is 19.5 Å². The van der Waals surface area contributed by atoms with Gasteiger partial charge in [-0.3, -0.25) is 19.4 Å². The van der Waals surface area contributed by atoms with E-state index in [1.807, 2.05) is 0 Å².